The molecule has 1 aliphatic rings. The number of benzene rings is 2. The number of pyridine rings is 1. The highest BCUT2D eigenvalue weighted by atomic mass is 19.4. The van der Waals surface area contributed by atoms with E-state index in [4.69, 9.17) is 10.5 Å². The van der Waals surface area contributed by atoms with Crippen molar-refractivity contribution in [2.45, 2.75) is 19.3 Å². The Bertz CT molecular complexity index is 1280. The molecular formula is C26H26F3N5O4. The molecule has 200 valence electrons. The molecule has 1 atom stereocenters. The minimum atomic E-state index is -4.94. The number of carbonyl (C=O) groups is 2. The van der Waals surface area contributed by atoms with Crippen LogP contribution in [0.4, 0.5) is 30.2 Å². The van der Waals surface area contributed by atoms with Gasteiger partial charge in [0.2, 0.25) is 5.91 Å². The highest BCUT2D eigenvalue weighted by Gasteiger charge is 2.32. The predicted octanol–water partition coefficient (Wildman–Crippen LogP) is 4.14. The molecule has 2 heterocycles. The lowest BCUT2D eigenvalue weighted by Crippen LogP contribution is -2.47. The molecular weight excluding hydrogens is 503 g/mol. The van der Waals surface area contributed by atoms with Crippen LogP contribution in [-0.2, 0) is 9.53 Å². The van der Waals surface area contributed by atoms with E-state index in [2.05, 4.69) is 20.4 Å². The van der Waals surface area contributed by atoms with Crippen molar-refractivity contribution in [3.8, 4) is 17.0 Å². The molecule has 0 unspecified atom stereocenters. The maximum atomic E-state index is 13.1. The highest BCUT2D eigenvalue weighted by molar-refractivity contribution is 6.10. The Kier molecular flexibility index (Phi) is 8.13. The molecule has 12 heteroatoms. The Labute approximate surface area is 216 Å². The summed E-state index contributed by atoms with van der Waals surface area (Å²) >= 11 is 0. The lowest BCUT2D eigenvalue weighted by molar-refractivity contribution is -0.274. The van der Waals surface area contributed by atoms with Crippen molar-refractivity contribution in [3.63, 3.8) is 0 Å². The van der Waals surface area contributed by atoms with E-state index < -0.39 is 30.0 Å². The van der Waals surface area contributed by atoms with Gasteiger partial charge in [-0.15, -0.1) is 13.2 Å². The molecule has 1 saturated heterocycles. The molecule has 0 bridgehead atoms. The van der Waals surface area contributed by atoms with Crippen LogP contribution in [0.25, 0.3) is 11.3 Å². The standard InChI is InChI=1S/C26H26F3N5O4/c1-16(34-10-12-37-13-11-34)24(35)33-23-14-20(38-26(27,28)29)7-8-21(23)25(36)32-19-6-9-22(31-15-19)17-2-4-18(30)5-3-17/h2-9,14-16H,10-13,30H2,1H3,(H,32,36)(H,33,35)/t16-/m1/s1. The molecule has 9 nitrogen and oxygen atoms in total. The summed E-state index contributed by atoms with van der Waals surface area (Å²) in [4.78, 5) is 32.2. The van der Waals surface area contributed by atoms with Crippen LogP contribution in [0.2, 0.25) is 0 Å². The number of alkyl halides is 3. The van der Waals surface area contributed by atoms with Crippen molar-refractivity contribution in [2.24, 2.45) is 0 Å². The number of rotatable bonds is 7. The second-order valence-corrected chi connectivity index (χ2v) is 8.58. The average molecular weight is 530 g/mol. The molecule has 2 aromatic carbocycles. The SMILES string of the molecule is C[C@H](C(=O)Nc1cc(OC(F)(F)F)ccc1C(=O)Nc1ccc(-c2ccc(N)cc2)nc1)N1CCOCC1. The molecule has 4 N–H and O–H groups in total. The molecule has 4 rings (SSSR count). The van der Waals surface area contributed by atoms with E-state index in [1.54, 1.807) is 31.2 Å². The second kappa shape index (κ2) is 11.5. The van der Waals surface area contributed by atoms with Crippen molar-refractivity contribution >= 4 is 28.9 Å². The van der Waals surface area contributed by atoms with Crippen LogP contribution in [0, 0.1) is 0 Å². The van der Waals surface area contributed by atoms with Gasteiger partial charge < -0.3 is 25.8 Å². The average Bonchev–Trinajstić information content (AvgIpc) is 2.89. The van der Waals surface area contributed by atoms with Gasteiger partial charge in [0.25, 0.3) is 5.91 Å². The van der Waals surface area contributed by atoms with Gasteiger partial charge >= 0.3 is 6.36 Å². The zero-order valence-corrected chi connectivity index (χ0v) is 20.4. The van der Waals surface area contributed by atoms with Gasteiger partial charge in [0.1, 0.15) is 5.75 Å². The predicted molar refractivity (Wildman–Crippen MR) is 136 cm³/mol. The summed E-state index contributed by atoms with van der Waals surface area (Å²) in [6.07, 6.45) is -3.49. The highest BCUT2D eigenvalue weighted by Crippen LogP contribution is 2.29. The summed E-state index contributed by atoms with van der Waals surface area (Å²) in [7, 11) is 0. The van der Waals surface area contributed by atoms with Crippen LogP contribution >= 0.6 is 0 Å². The third-order valence-corrected chi connectivity index (χ3v) is 5.93. The van der Waals surface area contributed by atoms with E-state index in [9.17, 15) is 22.8 Å². The van der Waals surface area contributed by atoms with Crippen LogP contribution in [0.15, 0.2) is 60.8 Å². The Morgan fingerprint density at radius 1 is 1.05 bits per heavy atom. The van der Waals surface area contributed by atoms with Crippen LogP contribution < -0.4 is 21.1 Å². The van der Waals surface area contributed by atoms with E-state index in [0.29, 0.717) is 43.4 Å². The molecule has 1 fully saturated rings. The number of halogens is 3. The summed E-state index contributed by atoms with van der Waals surface area (Å²) in [6.45, 7) is 3.65. The number of nitrogens with one attached hydrogen (secondary N) is 2. The number of amides is 2. The van der Waals surface area contributed by atoms with E-state index in [1.165, 1.54) is 6.20 Å². The van der Waals surface area contributed by atoms with Gasteiger partial charge in [-0.25, -0.2) is 0 Å². The number of anilines is 3. The van der Waals surface area contributed by atoms with Crippen LogP contribution in [0.3, 0.4) is 0 Å². The van der Waals surface area contributed by atoms with Crippen LogP contribution in [0.5, 0.6) is 5.75 Å². The normalized spacial score (nSPS) is 14.9. The van der Waals surface area contributed by atoms with Crippen LogP contribution in [0.1, 0.15) is 17.3 Å². The maximum Gasteiger partial charge on any atom is 0.573 e. The fourth-order valence-electron chi connectivity index (χ4n) is 3.88. The molecule has 0 saturated carbocycles. The second-order valence-electron chi connectivity index (χ2n) is 8.58. The number of morpholine rings is 1. The number of carbonyl (C=O) groups excluding carboxylic acids is 2. The molecule has 0 spiro atoms. The summed E-state index contributed by atoms with van der Waals surface area (Å²) in [5.74, 6) is -1.71. The first kappa shape index (κ1) is 26.9. The Morgan fingerprint density at radius 2 is 1.76 bits per heavy atom. The third kappa shape index (κ3) is 6.99. The van der Waals surface area contributed by atoms with E-state index in [1.807, 2.05) is 17.0 Å². The Balaban J connectivity index is 1.53. The van der Waals surface area contributed by atoms with Crippen molar-refractivity contribution in [1.82, 2.24) is 9.88 Å². The summed E-state index contributed by atoms with van der Waals surface area (Å²) in [5.41, 5.74) is 7.99. The fourth-order valence-corrected chi connectivity index (χ4v) is 3.88. The molecule has 1 aromatic heterocycles. The minimum absolute atomic E-state index is 0.0512. The fraction of sp³-hybridized carbons (Fsp3) is 0.269. The zero-order valence-electron chi connectivity index (χ0n) is 20.4. The molecule has 1 aliphatic heterocycles. The van der Waals surface area contributed by atoms with Crippen molar-refractivity contribution in [3.05, 3.63) is 66.4 Å². The van der Waals surface area contributed by atoms with E-state index >= 15 is 0 Å². The zero-order chi connectivity index (χ0) is 27.3. The summed E-state index contributed by atoms with van der Waals surface area (Å²) < 4.78 is 47.7. The summed E-state index contributed by atoms with van der Waals surface area (Å²) in [5, 5.41) is 5.24. The molecule has 0 radical (unpaired) electrons. The van der Waals surface area contributed by atoms with Gasteiger partial charge in [-0.2, -0.15) is 0 Å². The maximum absolute atomic E-state index is 13.1. The van der Waals surface area contributed by atoms with Gasteiger partial charge in [-0.1, -0.05) is 12.1 Å². The lowest BCUT2D eigenvalue weighted by atomic mass is 10.1. The topological polar surface area (TPSA) is 119 Å². The smallest absolute Gasteiger partial charge is 0.406 e. The molecule has 2 amide bonds. The quantitative estimate of drug-likeness (QED) is 0.394. The molecule has 3 aromatic rings. The number of aromatic nitrogens is 1. The van der Waals surface area contributed by atoms with Gasteiger partial charge in [-0.05, 0) is 43.3 Å². The number of nitrogens with zero attached hydrogens (tertiary/aromatic N) is 2. The summed E-state index contributed by atoms with van der Waals surface area (Å²) in [6, 6.07) is 13.0. The molecule has 0 aliphatic carbocycles. The molecule has 38 heavy (non-hydrogen) atoms. The van der Waals surface area contributed by atoms with Gasteiger partial charge in [0, 0.05) is 30.4 Å². The van der Waals surface area contributed by atoms with E-state index in [0.717, 1.165) is 23.8 Å². The van der Waals surface area contributed by atoms with Gasteiger partial charge in [0.05, 0.1) is 48.1 Å². The van der Waals surface area contributed by atoms with Gasteiger partial charge in [-0.3, -0.25) is 19.5 Å². The first-order chi connectivity index (χ1) is 18.1. The Hall–Kier alpha value is -4.16. The lowest BCUT2D eigenvalue weighted by Gasteiger charge is -2.31. The van der Waals surface area contributed by atoms with Crippen molar-refractivity contribution < 1.29 is 32.2 Å². The number of nitrogen functional groups attached to an aromatic ring is 1. The van der Waals surface area contributed by atoms with Crippen molar-refractivity contribution in [2.75, 3.05) is 42.7 Å². The monoisotopic (exact) mass is 529 g/mol. The number of hydrogen-bond donors (Lipinski definition) is 3. The Morgan fingerprint density at radius 3 is 2.39 bits per heavy atom. The van der Waals surface area contributed by atoms with Gasteiger partial charge in [0.15, 0.2) is 0 Å². The number of ether oxygens (including phenoxy) is 2. The van der Waals surface area contributed by atoms with Crippen LogP contribution in [-0.4, -0.2) is 60.4 Å². The third-order valence-electron chi connectivity index (χ3n) is 5.93. The number of nitrogens with two attached hydrogens (primary N) is 1. The largest absolute Gasteiger partial charge is 0.573 e. The first-order valence-electron chi connectivity index (χ1n) is 11.7. The number of hydrogen-bond acceptors (Lipinski definition) is 7. The first-order valence-corrected chi connectivity index (χ1v) is 11.7. The minimum Gasteiger partial charge on any atom is -0.406 e. The van der Waals surface area contributed by atoms with E-state index in [-0.39, 0.29) is 11.3 Å². The van der Waals surface area contributed by atoms with Crippen molar-refractivity contribution in [1.29, 1.82) is 0 Å².